The number of amides is 1. The van der Waals surface area contributed by atoms with E-state index in [0.717, 1.165) is 0 Å². The molecule has 0 unspecified atom stereocenters. The standard InChI is InChI=1S/C13H8BrClFNO/c14-8-1-6-11(12(16)7-8)13(18)17-10-4-2-9(15)3-5-10/h1-7H,(H,17,18). The zero-order valence-corrected chi connectivity index (χ0v) is 11.4. The second-order valence-electron chi connectivity index (χ2n) is 3.59. The highest BCUT2D eigenvalue weighted by atomic mass is 79.9. The fourth-order valence-corrected chi connectivity index (χ4v) is 1.86. The molecule has 0 heterocycles. The van der Waals surface area contributed by atoms with Gasteiger partial charge in [-0.05, 0) is 42.5 Å². The second kappa shape index (κ2) is 5.50. The number of nitrogens with one attached hydrogen (secondary N) is 1. The Labute approximate surface area is 117 Å². The van der Waals surface area contributed by atoms with Crippen LogP contribution in [0.1, 0.15) is 10.4 Å². The van der Waals surface area contributed by atoms with Gasteiger partial charge in [-0.2, -0.15) is 0 Å². The van der Waals surface area contributed by atoms with Crippen LogP contribution < -0.4 is 5.32 Å². The van der Waals surface area contributed by atoms with Crippen molar-refractivity contribution in [3.05, 3.63) is 63.3 Å². The number of benzene rings is 2. The summed E-state index contributed by atoms with van der Waals surface area (Å²) < 4.78 is 14.1. The van der Waals surface area contributed by atoms with Crippen LogP contribution in [-0.4, -0.2) is 5.91 Å². The van der Waals surface area contributed by atoms with Gasteiger partial charge in [0.05, 0.1) is 5.56 Å². The monoisotopic (exact) mass is 327 g/mol. The van der Waals surface area contributed by atoms with Gasteiger partial charge in [0, 0.05) is 15.2 Å². The number of carbonyl (C=O) groups excluding carboxylic acids is 1. The predicted molar refractivity (Wildman–Crippen MR) is 73.5 cm³/mol. The van der Waals surface area contributed by atoms with Crippen molar-refractivity contribution in [2.24, 2.45) is 0 Å². The number of halogens is 3. The third kappa shape index (κ3) is 3.09. The smallest absolute Gasteiger partial charge is 0.258 e. The second-order valence-corrected chi connectivity index (χ2v) is 4.94. The van der Waals surface area contributed by atoms with Crippen molar-refractivity contribution in [2.75, 3.05) is 5.32 Å². The fraction of sp³-hybridized carbons (Fsp3) is 0. The molecule has 2 rings (SSSR count). The van der Waals surface area contributed by atoms with Crippen LogP contribution in [0.25, 0.3) is 0 Å². The first kappa shape index (κ1) is 13.1. The van der Waals surface area contributed by atoms with Crippen LogP contribution >= 0.6 is 27.5 Å². The number of anilines is 1. The summed E-state index contributed by atoms with van der Waals surface area (Å²) in [6.07, 6.45) is 0. The molecule has 0 aliphatic rings. The Kier molecular flexibility index (Phi) is 3.99. The lowest BCUT2D eigenvalue weighted by molar-refractivity contribution is 0.102. The number of carbonyl (C=O) groups is 1. The SMILES string of the molecule is O=C(Nc1ccc(Cl)cc1)c1ccc(Br)cc1F. The van der Waals surface area contributed by atoms with Gasteiger partial charge in [0.2, 0.25) is 0 Å². The van der Waals surface area contributed by atoms with Crippen LogP contribution in [0.15, 0.2) is 46.9 Å². The maximum absolute atomic E-state index is 13.6. The highest BCUT2D eigenvalue weighted by molar-refractivity contribution is 9.10. The van der Waals surface area contributed by atoms with Crippen LogP contribution in [0.2, 0.25) is 5.02 Å². The predicted octanol–water partition coefficient (Wildman–Crippen LogP) is 4.49. The minimum Gasteiger partial charge on any atom is -0.322 e. The molecular formula is C13H8BrClFNO. The molecule has 0 radical (unpaired) electrons. The third-order valence-corrected chi connectivity index (χ3v) is 3.02. The van der Waals surface area contributed by atoms with Crippen molar-refractivity contribution in [2.45, 2.75) is 0 Å². The van der Waals surface area contributed by atoms with E-state index in [1.807, 2.05) is 0 Å². The molecule has 2 aromatic carbocycles. The van der Waals surface area contributed by atoms with Gasteiger partial charge >= 0.3 is 0 Å². The molecule has 0 bridgehead atoms. The largest absolute Gasteiger partial charge is 0.322 e. The van der Waals surface area contributed by atoms with Crippen LogP contribution in [-0.2, 0) is 0 Å². The Hall–Kier alpha value is -1.39. The maximum atomic E-state index is 13.6. The molecule has 18 heavy (non-hydrogen) atoms. The van der Waals surface area contributed by atoms with Crippen molar-refractivity contribution in [1.29, 1.82) is 0 Å². The molecule has 1 N–H and O–H groups in total. The van der Waals surface area contributed by atoms with Crippen molar-refractivity contribution >= 4 is 39.1 Å². The van der Waals surface area contributed by atoms with Crippen LogP contribution in [0, 0.1) is 5.82 Å². The molecular weight excluding hydrogens is 321 g/mol. The average molecular weight is 329 g/mol. The Morgan fingerprint density at radius 1 is 1.17 bits per heavy atom. The van der Waals surface area contributed by atoms with E-state index in [2.05, 4.69) is 21.2 Å². The summed E-state index contributed by atoms with van der Waals surface area (Å²) in [5, 5.41) is 3.16. The molecule has 0 aliphatic heterocycles. The number of hydrogen-bond donors (Lipinski definition) is 1. The molecule has 0 spiro atoms. The summed E-state index contributed by atoms with van der Waals surface area (Å²) in [6, 6.07) is 10.9. The Balaban J connectivity index is 2.19. The molecule has 0 saturated heterocycles. The van der Waals surface area contributed by atoms with E-state index < -0.39 is 11.7 Å². The Bertz CT molecular complexity index is 586. The lowest BCUT2D eigenvalue weighted by atomic mass is 10.2. The molecule has 92 valence electrons. The summed E-state index contributed by atoms with van der Waals surface area (Å²) >= 11 is 8.86. The summed E-state index contributed by atoms with van der Waals surface area (Å²) in [6.45, 7) is 0. The van der Waals surface area contributed by atoms with E-state index in [4.69, 9.17) is 11.6 Å². The third-order valence-electron chi connectivity index (χ3n) is 2.28. The lowest BCUT2D eigenvalue weighted by Crippen LogP contribution is -2.13. The highest BCUT2D eigenvalue weighted by Gasteiger charge is 2.11. The van der Waals surface area contributed by atoms with Crippen molar-refractivity contribution in [3.8, 4) is 0 Å². The quantitative estimate of drug-likeness (QED) is 0.864. The maximum Gasteiger partial charge on any atom is 0.258 e. The Morgan fingerprint density at radius 3 is 2.44 bits per heavy atom. The molecule has 0 fully saturated rings. The van der Waals surface area contributed by atoms with Crippen LogP contribution in [0.5, 0.6) is 0 Å². The zero-order chi connectivity index (χ0) is 13.1. The van der Waals surface area contributed by atoms with E-state index in [-0.39, 0.29) is 5.56 Å². The number of hydrogen-bond acceptors (Lipinski definition) is 1. The fourth-order valence-electron chi connectivity index (χ4n) is 1.41. The lowest BCUT2D eigenvalue weighted by Gasteiger charge is -2.06. The van der Waals surface area contributed by atoms with E-state index in [9.17, 15) is 9.18 Å². The summed E-state index contributed by atoms with van der Waals surface area (Å²) in [5.74, 6) is -1.07. The van der Waals surface area contributed by atoms with Gasteiger partial charge < -0.3 is 5.32 Å². The van der Waals surface area contributed by atoms with E-state index in [1.165, 1.54) is 12.1 Å². The van der Waals surface area contributed by atoms with E-state index in [0.29, 0.717) is 15.2 Å². The molecule has 2 aromatic rings. The first-order valence-corrected chi connectivity index (χ1v) is 6.25. The Morgan fingerprint density at radius 2 is 1.83 bits per heavy atom. The molecule has 0 aromatic heterocycles. The summed E-state index contributed by atoms with van der Waals surface area (Å²) in [5.41, 5.74) is 0.555. The van der Waals surface area contributed by atoms with Gasteiger partial charge in [0.25, 0.3) is 5.91 Å². The van der Waals surface area contributed by atoms with Gasteiger partial charge in [-0.15, -0.1) is 0 Å². The van der Waals surface area contributed by atoms with Gasteiger partial charge in [-0.25, -0.2) is 4.39 Å². The van der Waals surface area contributed by atoms with E-state index in [1.54, 1.807) is 30.3 Å². The minimum absolute atomic E-state index is 0.00634. The zero-order valence-electron chi connectivity index (χ0n) is 9.08. The molecule has 1 amide bonds. The summed E-state index contributed by atoms with van der Waals surface area (Å²) in [4.78, 5) is 11.8. The normalized spacial score (nSPS) is 10.2. The van der Waals surface area contributed by atoms with Gasteiger partial charge in [0.15, 0.2) is 0 Å². The summed E-state index contributed by atoms with van der Waals surface area (Å²) in [7, 11) is 0. The average Bonchev–Trinajstić information content (AvgIpc) is 2.32. The first-order valence-electron chi connectivity index (χ1n) is 5.08. The van der Waals surface area contributed by atoms with Crippen molar-refractivity contribution in [1.82, 2.24) is 0 Å². The molecule has 5 heteroatoms. The molecule has 0 aliphatic carbocycles. The van der Waals surface area contributed by atoms with Crippen molar-refractivity contribution < 1.29 is 9.18 Å². The molecule has 2 nitrogen and oxygen atoms in total. The minimum atomic E-state index is -0.573. The van der Waals surface area contributed by atoms with Gasteiger partial charge in [-0.1, -0.05) is 27.5 Å². The number of rotatable bonds is 2. The van der Waals surface area contributed by atoms with Gasteiger partial charge in [0.1, 0.15) is 5.82 Å². The van der Waals surface area contributed by atoms with Crippen LogP contribution in [0.3, 0.4) is 0 Å². The van der Waals surface area contributed by atoms with Crippen LogP contribution in [0.4, 0.5) is 10.1 Å². The molecule has 0 atom stereocenters. The highest BCUT2D eigenvalue weighted by Crippen LogP contribution is 2.18. The van der Waals surface area contributed by atoms with Crippen molar-refractivity contribution in [3.63, 3.8) is 0 Å². The van der Waals surface area contributed by atoms with E-state index >= 15 is 0 Å². The topological polar surface area (TPSA) is 29.1 Å². The first-order chi connectivity index (χ1) is 8.56. The van der Waals surface area contributed by atoms with Gasteiger partial charge in [-0.3, -0.25) is 4.79 Å². The molecule has 0 saturated carbocycles.